The minimum absolute atomic E-state index is 0.106. The summed E-state index contributed by atoms with van der Waals surface area (Å²) in [5.41, 5.74) is 0.790. The van der Waals surface area contributed by atoms with E-state index in [1.807, 2.05) is 19.1 Å². The Kier molecular flexibility index (Phi) is 5.20. The largest absolute Gasteiger partial charge is 0.508 e. The zero-order valence-corrected chi connectivity index (χ0v) is 11.7. The minimum Gasteiger partial charge on any atom is -0.508 e. The Morgan fingerprint density at radius 1 is 1.28 bits per heavy atom. The Hall–Kier alpha value is -1.51. The Morgan fingerprint density at radius 3 is 2.44 bits per heavy atom. The number of benzene rings is 1. The molecule has 1 unspecified atom stereocenters. The molecule has 18 heavy (non-hydrogen) atoms. The molecule has 0 aliphatic heterocycles. The van der Waals surface area contributed by atoms with Gasteiger partial charge in [-0.3, -0.25) is 4.79 Å². The Labute approximate surface area is 109 Å². The molecule has 1 atom stereocenters. The van der Waals surface area contributed by atoms with Crippen molar-refractivity contribution in [3.63, 3.8) is 0 Å². The molecular weight excluding hydrogens is 226 g/mol. The van der Waals surface area contributed by atoms with Gasteiger partial charge in [0, 0.05) is 19.0 Å². The lowest BCUT2D eigenvalue weighted by molar-refractivity contribution is -0.132. The van der Waals surface area contributed by atoms with E-state index in [4.69, 9.17) is 0 Å². The van der Waals surface area contributed by atoms with Crippen molar-refractivity contribution in [1.29, 1.82) is 0 Å². The lowest BCUT2D eigenvalue weighted by Crippen LogP contribution is -2.29. The number of amides is 1. The van der Waals surface area contributed by atoms with E-state index >= 15 is 0 Å². The highest BCUT2D eigenvalue weighted by Gasteiger charge is 2.19. The fourth-order valence-electron chi connectivity index (χ4n) is 1.85. The lowest BCUT2D eigenvalue weighted by atomic mass is 10.0. The van der Waals surface area contributed by atoms with Gasteiger partial charge in [-0.1, -0.05) is 32.0 Å². The number of para-hydroxylation sites is 1. The smallest absolute Gasteiger partial charge is 0.222 e. The van der Waals surface area contributed by atoms with Crippen LogP contribution in [0.25, 0.3) is 0 Å². The van der Waals surface area contributed by atoms with Crippen LogP contribution in [-0.4, -0.2) is 23.0 Å². The van der Waals surface area contributed by atoms with Gasteiger partial charge in [-0.05, 0) is 25.3 Å². The predicted octanol–water partition coefficient (Wildman–Crippen LogP) is 3.35. The third-order valence-corrected chi connectivity index (χ3v) is 3.30. The molecule has 0 bridgehead atoms. The first-order valence-electron chi connectivity index (χ1n) is 6.47. The van der Waals surface area contributed by atoms with E-state index in [-0.39, 0.29) is 17.7 Å². The Bertz CT molecular complexity index is 401. The van der Waals surface area contributed by atoms with Crippen LogP contribution in [0.4, 0.5) is 0 Å². The number of hydrogen-bond donors (Lipinski definition) is 1. The van der Waals surface area contributed by atoms with Crippen LogP contribution < -0.4 is 0 Å². The van der Waals surface area contributed by atoms with E-state index in [0.717, 1.165) is 12.0 Å². The summed E-state index contributed by atoms with van der Waals surface area (Å²) in [5, 5.41) is 9.79. The van der Waals surface area contributed by atoms with Crippen LogP contribution in [0, 0.1) is 5.92 Å². The van der Waals surface area contributed by atoms with Gasteiger partial charge in [0.15, 0.2) is 0 Å². The van der Waals surface area contributed by atoms with Crippen LogP contribution in [0.15, 0.2) is 24.3 Å². The molecule has 3 heteroatoms. The van der Waals surface area contributed by atoms with E-state index in [0.29, 0.717) is 12.3 Å². The topological polar surface area (TPSA) is 40.5 Å². The number of rotatable bonds is 5. The van der Waals surface area contributed by atoms with Gasteiger partial charge in [0.25, 0.3) is 0 Å². The highest BCUT2D eigenvalue weighted by Crippen LogP contribution is 2.27. The van der Waals surface area contributed by atoms with Crippen molar-refractivity contribution in [3.8, 4) is 5.75 Å². The second-order valence-electron chi connectivity index (χ2n) is 5.17. The fourth-order valence-corrected chi connectivity index (χ4v) is 1.85. The van der Waals surface area contributed by atoms with Crippen molar-refractivity contribution in [2.75, 3.05) is 7.05 Å². The van der Waals surface area contributed by atoms with Gasteiger partial charge in [0.05, 0.1) is 6.04 Å². The van der Waals surface area contributed by atoms with E-state index in [1.165, 1.54) is 0 Å². The van der Waals surface area contributed by atoms with E-state index < -0.39 is 0 Å². The molecule has 1 aromatic rings. The molecule has 0 aliphatic rings. The van der Waals surface area contributed by atoms with Crippen LogP contribution in [0.1, 0.15) is 45.2 Å². The number of phenolic OH excluding ortho intramolecular Hbond substituents is 1. The molecule has 100 valence electrons. The summed E-state index contributed by atoms with van der Waals surface area (Å²) in [6.45, 7) is 6.15. The van der Waals surface area contributed by atoms with Crippen molar-refractivity contribution < 1.29 is 9.90 Å². The number of carbonyl (C=O) groups is 1. The summed E-state index contributed by atoms with van der Waals surface area (Å²) in [4.78, 5) is 13.7. The number of hydrogen-bond acceptors (Lipinski definition) is 2. The Balaban J connectivity index is 2.69. The summed E-state index contributed by atoms with van der Waals surface area (Å²) >= 11 is 0. The van der Waals surface area contributed by atoms with Gasteiger partial charge in [0.1, 0.15) is 5.75 Å². The highest BCUT2D eigenvalue weighted by atomic mass is 16.3. The molecule has 0 radical (unpaired) electrons. The summed E-state index contributed by atoms with van der Waals surface area (Å²) in [6.07, 6.45) is 1.46. The molecule has 0 heterocycles. The summed E-state index contributed by atoms with van der Waals surface area (Å²) in [5.74, 6) is 0.899. The van der Waals surface area contributed by atoms with E-state index in [1.54, 1.807) is 24.1 Å². The van der Waals surface area contributed by atoms with Gasteiger partial charge in [-0.2, -0.15) is 0 Å². The molecule has 0 saturated heterocycles. The van der Waals surface area contributed by atoms with Crippen molar-refractivity contribution in [2.45, 2.75) is 39.7 Å². The first-order valence-corrected chi connectivity index (χ1v) is 6.47. The maximum atomic E-state index is 12.0. The average molecular weight is 249 g/mol. The van der Waals surface area contributed by atoms with Crippen molar-refractivity contribution in [1.82, 2.24) is 4.90 Å². The molecule has 1 N–H and O–H groups in total. The maximum absolute atomic E-state index is 12.0. The number of phenols is 1. The standard InChI is InChI=1S/C15H23NO2/c1-11(2)9-10-15(18)16(4)12(3)13-7-5-6-8-14(13)17/h5-8,11-12,17H,9-10H2,1-4H3. The molecule has 1 amide bonds. The Morgan fingerprint density at radius 2 is 1.89 bits per heavy atom. The molecule has 1 aromatic carbocycles. The molecule has 3 nitrogen and oxygen atoms in total. The quantitative estimate of drug-likeness (QED) is 0.869. The maximum Gasteiger partial charge on any atom is 0.222 e. The predicted molar refractivity (Wildman–Crippen MR) is 73.4 cm³/mol. The van der Waals surface area contributed by atoms with Crippen molar-refractivity contribution >= 4 is 5.91 Å². The second-order valence-corrected chi connectivity index (χ2v) is 5.17. The first-order chi connectivity index (χ1) is 8.43. The van der Waals surface area contributed by atoms with Crippen molar-refractivity contribution in [2.24, 2.45) is 5.92 Å². The number of carbonyl (C=O) groups excluding carboxylic acids is 1. The van der Waals surface area contributed by atoms with Crippen LogP contribution >= 0.6 is 0 Å². The average Bonchev–Trinajstić information content (AvgIpc) is 2.34. The molecular formula is C15H23NO2. The number of nitrogens with zero attached hydrogens (tertiary/aromatic N) is 1. The summed E-state index contributed by atoms with van der Waals surface area (Å²) in [6, 6.07) is 7.06. The van der Waals surface area contributed by atoms with E-state index in [9.17, 15) is 9.90 Å². The molecule has 1 rings (SSSR count). The minimum atomic E-state index is -0.106. The van der Waals surface area contributed by atoms with Gasteiger partial charge < -0.3 is 10.0 Å². The van der Waals surface area contributed by atoms with Crippen LogP contribution in [0.2, 0.25) is 0 Å². The third-order valence-electron chi connectivity index (χ3n) is 3.30. The van der Waals surface area contributed by atoms with Crippen molar-refractivity contribution in [3.05, 3.63) is 29.8 Å². The zero-order valence-electron chi connectivity index (χ0n) is 11.7. The molecule has 0 fully saturated rings. The molecule has 0 saturated carbocycles. The number of aromatic hydroxyl groups is 1. The monoisotopic (exact) mass is 249 g/mol. The highest BCUT2D eigenvalue weighted by molar-refractivity contribution is 5.76. The fraction of sp³-hybridized carbons (Fsp3) is 0.533. The third kappa shape index (κ3) is 3.76. The van der Waals surface area contributed by atoms with Crippen LogP contribution in [0.5, 0.6) is 5.75 Å². The second kappa shape index (κ2) is 6.43. The van der Waals surface area contributed by atoms with E-state index in [2.05, 4.69) is 13.8 Å². The van der Waals surface area contributed by atoms with Crippen LogP contribution in [0.3, 0.4) is 0 Å². The molecule has 0 aromatic heterocycles. The zero-order chi connectivity index (χ0) is 13.7. The molecule has 0 aliphatic carbocycles. The van der Waals surface area contributed by atoms with Crippen LogP contribution in [-0.2, 0) is 4.79 Å². The van der Waals surface area contributed by atoms with Gasteiger partial charge in [-0.25, -0.2) is 0 Å². The van der Waals surface area contributed by atoms with Gasteiger partial charge in [0.2, 0.25) is 5.91 Å². The normalized spacial score (nSPS) is 12.5. The summed E-state index contributed by atoms with van der Waals surface area (Å²) < 4.78 is 0. The lowest BCUT2D eigenvalue weighted by Gasteiger charge is -2.26. The first kappa shape index (κ1) is 14.6. The van der Waals surface area contributed by atoms with Gasteiger partial charge >= 0.3 is 0 Å². The summed E-state index contributed by atoms with van der Waals surface area (Å²) in [7, 11) is 1.79. The molecule has 0 spiro atoms. The SMILES string of the molecule is CC(C)CCC(=O)N(C)C(C)c1ccccc1O. The van der Waals surface area contributed by atoms with Gasteiger partial charge in [-0.15, -0.1) is 0 Å².